The molecule has 2 aromatic heterocycles. The number of hydrogen-bond acceptors (Lipinski definition) is 4. The molecule has 1 atom stereocenters. The predicted molar refractivity (Wildman–Crippen MR) is 79.8 cm³/mol. The van der Waals surface area contributed by atoms with Crippen LogP contribution in [0.15, 0.2) is 28.7 Å². The van der Waals surface area contributed by atoms with Crippen molar-refractivity contribution in [3.05, 3.63) is 46.3 Å². The molecule has 0 spiro atoms. The van der Waals surface area contributed by atoms with Crippen LogP contribution in [0.2, 0.25) is 5.02 Å². The molecule has 0 bridgehead atoms. The zero-order valence-corrected chi connectivity index (χ0v) is 12.7. The second-order valence-corrected chi connectivity index (χ2v) is 5.30. The van der Waals surface area contributed by atoms with Crippen LogP contribution in [0.3, 0.4) is 0 Å². The van der Waals surface area contributed by atoms with Gasteiger partial charge >= 0.3 is 0 Å². The molecule has 0 saturated heterocycles. The number of aryl methyl sites for hydroxylation is 2. The molecule has 3 rings (SSSR count). The van der Waals surface area contributed by atoms with E-state index in [0.29, 0.717) is 33.5 Å². The van der Waals surface area contributed by atoms with E-state index in [0.717, 1.165) is 5.39 Å². The number of nitrogens with zero attached hydrogens (tertiary/aromatic N) is 2. The van der Waals surface area contributed by atoms with Crippen LogP contribution in [-0.4, -0.2) is 22.0 Å². The van der Waals surface area contributed by atoms with E-state index in [1.807, 2.05) is 6.92 Å². The van der Waals surface area contributed by atoms with E-state index in [2.05, 4.69) is 5.10 Å². The third-order valence-electron chi connectivity index (χ3n) is 3.45. The molecule has 1 N–H and O–H groups in total. The highest BCUT2D eigenvalue weighted by Gasteiger charge is 2.25. The van der Waals surface area contributed by atoms with Crippen molar-refractivity contribution in [2.75, 3.05) is 7.11 Å². The largest absolute Gasteiger partial charge is 0.481 e. The first-order valence-corrected chi connectivity index (χ1v) is 6.83. The number of methoxy groups -OCH3 is 1. The molecule has 0 amide bonds. The number of aromatic nitrogens is 2. The van der Waals surface area contributed by atoms with Crippen molar-refractivity contribution in [1.82, 2.24) is 9.78 Å². The average molecular weight is 307 g/mol. The van der Waals surface area contributed by atoms with Crippen LogP contribution in [0.1, 0.15) is 23.1 Å². The Kier molecular flexibility index (Phi) is 3.39. The van der Waals surface area contributed by atoms with Crippen molar-refractivity contribution >= 4 is 22.6 Å². The fourth-order valence-corrected chi connectivity index (χ4v) is 2.70. The van der Waals surface area contributed by atoms with E-state index in [-0.39, 0.29) is 0 Å². The molecule has 1 aromatic carbocycles. The molecule has 3 aromatic rings. The number of rotatable bonds is 3. The standard InChI is InChI=1S/C15H15ClN2O3/c1-8-13(15(20-3)18(2)17-8)14(19)12-7-9-6-10(16)4-5-11(9)21-12/h4-7,14,19H,1-3H3. The smallest absolute Gasteiger partial charge is 0.217 e. The van der Waals surface area contributed by atoms with Gasteiger partial charge < -0.3 is 14.3 Å². The summed E-state index contributed by atoms with van der Waals surface area (Å²) in [5.41, 5.74) is 1.97. The quantitative estimate of drug-likeness (QED) is 0.807. The van der Waals surface area contributed by atoms with Crippen LogP contribution in [0.25, 0.3) is 11.0 Å². The van der Waals surface area contributed by atoms with Crippen LogP contribution < -0.4 is 4.74 Å². The summed E-state index contributed by atoms with van der Waals surface area (Å²) >= 11 is 5.96. The summed E-state index contributed by atoms with van der Waals surface area (Å²) in [6.07, 6.45) is -0.945. The molecule has 6 heteroatoms. The van der Waals surface area contributed by atoms with Gasteiger partial charge in [-0.05, 0) is 31.2 Å². The maximum Gasteiger partial charge on any atom is 0.217 e. The van der Waals surface area contributed by atoms with Crippen LogP contribution >= 0.6 is 11.6 Å². The van der Waals surface area contributed by atoms with E-state index in [4.69, 9.17) is 20.8 Å². The fourth-order valence-electron chi connectivity index (χ4n) is 2.52. The third-order valence-corrected chi connectivity index (χ3v) is 3.68. The summed E-state index contributed by atoms with van der Waals surface area (Å²) in [5, 5.41) is 16.3. The summed E-state index contributed by atoms with van der Waals surface area (Å²) in [5.74, 6) is 0.945. The average Bonchev–Trinajstić information content (AvgIpc) is 2.97. The second-order valence-electron chi connectivity index (χ2n) is 4.87. The van der Waals surface area contributed by atoms with Crippen molar-refractivity contribution in [3.8, 4) is 5.88 Å². The van der Waals surface area contributed by atoms with Gasteiger partial charge in [0.1, 0.15) is 17.4 Å². The highest BCUT2D eigenvalue weighted by atomic mass is 35.5. The minimum absolute atomic E-state index is 0.432. The zero-order valence-electron chi connectivity index (χ0n) is 11.9. The zero-order chi connectivity index (χ0) is 15.1. The van der Waals surface area contributed by atoms with Gasteiger partial charge in [0.05, 0.1) is 18.4 Å². The maximum atomic E-state index is 10.6. The van der Waals surface area contributed by atoms with Crippen molar-refractivity contribution in [3.63, 3.8) is 0 Å². The summed E-state index contributed by atoms with van der Waals surface area (Å²) in [6, 6.07) is 7.10. The van der Waals surface area contributed by atoms with Gasteiger partial charge in [0.15, 0.2) is 0 Å². The molecule has 110 valence electrons. The van der Waals surface area contributed by atoms with E-state index >= 15 is 0 Å². The molecule has 21 heavy (non-hydrogen) atoms. The van der Waals surface area contributed by atoms with E-state index < -0.39 is 6.10 Å². The van der Waals surface area contributed by atoms with Gasteiger partial charge in [0.25, 0.3) is 0 Å². The predicted octanol–water partition coefficient (Wildman–Crippen LogP) is 3.22. The van der Waals surface area contributed by atoms with E-state index in [1.165, 1.54) is 0 Å². The normalized spacial score (nSPS) is 12.8. The van der Waals surface area contributed by atoms with Gasteiger partial charge in [0, 0.05) is 17.5 Å². The summed E-state index contributed by atoms with van der Waals surface area (Å²) in [6.45, 7) is 1.82. The van der Waals surface area contributed by atoms with Gasteiger partial charge in [0.2, 0.25) is 5.88 Å². The highest BCUT2D eigenvalue weighted by molar-refractivity contribution is 6.31. The number of benzene rings is 1. The summed E-state index contributed by atoms with van der Waals surface area (Å²) in [7, 11) is 3.31. The van der Waals surface area contributed by atoms with E-state index in [9.17, 15) is 5.11 Å². The molecule has 0 radical (unpaired) electrons. The molecule has 2 heterocycles. The SMILES string of the molecule is COc1c(C(O)c2cc3cc(Cl)ccc3o2)c(C)nn1C. The van der Waals surface area contributed by atoms with Gasteiger partial charge in [-0.3, -0.25) is 0 Å². The molecular weight excluding hydrogens is 292 g/mol. The lowest BCUT2D eigenvalue weighted by Crippen LogP contribution is -2.02. The Bertz CT molecular complexity index is 807. The van der Waals surface area contributed by atoms with Gasteiger partial charge in [-0.2, -0.15) is 5.10 Å². The van der Waals surface area contributed by atoms with Crippen molar-refractivity contribution in [2.45, 2.75) is 13.0 Å². The van der Waals surface area contributed by atoms with Crippen molar-refractivity contribution in [1.29, 1.82) is 0 Å². The Labute approximate surface area is 126 Å². The highest BCUT2D eigenvalue weighted by Crippen LogP contribution is 2.35. The number of furan rings is 1. The number of aliphatic hydroxyl groups is 1. The fraction of sp³-hybridized carbons (Fsp3) is 0.267. The minimum atomic E-state index is -0.945. The molecule has 0 aliphatic rings. The first-order valence-electron chi connectivity index (χ1n) is 6.45. The first-order chi connectivity index (χ1) is 10.0. The molecule has 1 unspecified atom stereocenters. The summed E-state index contributed by atoms with van der Waals surface area (Å²) in [4.78, 5) is 0. The van der Waals surface area contributed by atoms with Gasteiger partial charge in [-0.1, -0.05) is 11.6 Å². The first kappa shape index (κ1) is 14.0. The Hall–Kier alpha value is -1.98. The number of fused-ring (bicyclic) bond motifs is 1. The van der Waals surface area contributed by atoms with Crippen molar-refractivity contribution in [2.24, 2.45) is 7.05 Å². The summed E-state index contributed by atoms with van der Waals surface area (Å²) < 4.78 is 12.6. The van der Waals surface area contributed by atoms with E-state index in [1.54, 1.807) is 43.1 Å². The minimum Gasteiger partial charge on any atom is -0.481 e. The molecular formula is C15H15ClN2O3. The number of ether oxygens (including phenoxy) is 1. The molecule has 0 saturated carbocycles. The molecule has 5 nitrogen and oxygen atoms in total. The molecule has 0 aliphatic heterocycles. The van der Waals surface area contributed by atoms with Crippen LogP contribution in [0, 0.1) is 6.92 Å². The van der Waals surface area contributed by atoms with Gasteiger partial charge in [-0.15, -0.1) is 0 Å². The second kappa shape index (κ2) is 5.09. The number of halogens is 1. The van der Waals surface area contributed by atoms with Crippen LogP contribution in [0.5, 0.6) is 5.88 Å². The van der Waals surface area contributed by atoms with Crippen LogP contribution in [-0.2, 0) is 7.05 Å². The Balaban J connectivity index is 2.10. The van der Waals surface area contributed by atoms with Gasteiger partial charge in [-0.25, -0.2) is 4.68 Å². The Morgan fingerprint density at radius 1 is 1.38 bits per heavy atom. The van der Waals surface area contributed by atoms with Crippen molar-refractivity contribution < 1.29 is 14.3 Å². The lowest BCUT2D eigenvalue weighted by molar-refractivity contribution is 0.186. The number of hydrogen-bond donors (Lipinski definition) is 1. The Morgan fingerprint density at radius 2 is 2.14 bits per heavy atom. The van der Waals surface area contributed by atoms with Crippen LogP contribution in [0.4, 0.5) is 0 Å². The number of aliphatic hydroxyl groups excluding tert-OH is 1. The lowest BCUT2D eigenvalue weighted by Gasteiger charge is -2.09. The Morgan fingerprint density at radius 3 is 2.86 bits per heavy atom. The lowest BCUT2D eigenvalue weighted by atomic mass is 10.1. The molecule has 0 fully saturated rings. The third kappa shape index (κ3) is 2.28. The topological polar surface area (TPSA) is 60.4 Å². The maximum absolute atomic E-state index is 10.6. The monoisotopic (exact) mass is 306 g/mol. The molecule has 0 aliphatic carbocycles.